The van der Waals surface area contributed by atoms with Crippen LogP contribution in [-0.4, -0.2) is 83.4 Å². The van der Waals surface area contributed by atoms with E-state index in [0.29, 0.717) is 5.57 Å². The molecule has 5 aliphatic rings. The number of rotatable bonds is 3. The molecular weight excluding hydrogens is 488 g/mol. The molecule has 0 aromatic heterocycles. The molecule has 5 rings (SSSR count). The maximum absolute atomic E-state index is 13.4. The Morgan fingerprint density at radius 1 is 1.14 bits per heavy atom. The minimum absolute atomic E-state index is 0.174. The molecule has 2 saturated heterocycles. The van der Waals surface area contributed by atoms with E-state index in [-0.39, 0.29) is 19.4 Å². The average molecular weight is 521 g/mol. The number of fused-ring (bicyclic) bond motifs is 2. The van der Waals surface area contributed by atoms with Crippen molar-refractivity contribution < 1.29 is 53.1 Å². The number of aliphatic hydroxyl groups is 2. The van der Waals surface area contributed by atoms with Crippen molar-refractivity contribution in [3.63, 3.8) is 0 Å². The van der Waals surface area contributed by atoms with Crippen LogP contribution in [0.4, 0.5) is 0 Å². The molecular formula is C26H32O11. The van der Waals surface area contributed by atoms with Crippen molar-refractivity contribution >= 4 is 29.5 Å². The Hall–Kier alpha value is -2.63. The molecule has 3 aliphatic carbocycles. The van der Waals surface area contributed by atoms with Crippen molar-refractivity contribution in [2.75, 3.05) is 13.7 Å². The van der Waals surface area contributed by atoms with E-state index in [9.17, 15) is 34.2 Å². The monoisotopic (exact) mass is 520 g/mol. The summed E-state index contributed by atoms with van der Waals surface area (Å²) < 4.78 is 22.5. The second-order valence-corrected chi connectivity index (χ2v) is 11.7. The molecule has 1 unspecified atom stereocenters. The second-order valence-electron chi connectivity index (χ2n) is 11.7. The van der Waals surface area contributed by atoms with Gasteiger partial charge in [0.2, 0.25) is 17.5 Å². The van der Waals surface area contributed by atoms with Gasteiger partial charge < -0.3 is 29.2 Å². The van der Waals surface area contributed by atoms with E-state index in [0.717, 1.165) is 7.11 Å². The highest BCUT2D eigenvalue weighted by atomic mass is 16.6. The number of hydrogen-bond donors (Lipinski definition) is 2. The van der Waals surface area contributed by atoms with Crippen LogP contribution in [0.1, 0.15) is 40.5 Å². The predicted octanol–water partition coefficient (Wildman–Crippen LogP) is -0.110. The van der Waals surface area contributed by atoms with Crippen molar-refractivity contribution in [3.05, 3.63) is 11.6 Å². The van der Waals surface area contributed by atoms with Gasteiger partial charge in [-0.1, -0.05) is 19.4 Å². The number of carbonyl (C=O) groups excluding carboxylic acids is 5. The summed E-state index contributed by atoms with van der Waals surface area (Å²) >= 11 is 0. The van der Waals surface area contributed by atoms with Crippen LogP contribution in [0.5, 0.6) is 0 Å². The highest BCUT2D eigenvalue weighted by Crippen LogP contribution is 2.72. The number of hydrogen-bond acceptors (Lipinski definition) is 11. The average Bonchev–Trinajstić information content (AvgIpc) is 3.12. The largest absolute Gasteiger partial charge is 0.467 e. The summed E-state index contributed by atoms with van der Waals surface area (Å²) in [7, 11) is 1.09. The molecule has 37 heavy (non-hydrogen) atoms. The molecule has 0 aromatic rings. The number of methoxy groups -OCH3 is 1. The molecule has 2 N–H and O–H groups in total. The molecule has 5 fully saturated rings. The van der Waals surface area contributed by atoms with Gasteiger partial charge in [0.25, 0.3) is 0 Å². The van der Waals surface area contributed by atoms with Crippen LogP contribution >= 0.6 is 0 Å². The Morgan fingerprint density at radius 3 is 2.43 bits per heavy atom. The van der Waals surface area contributed by atoms with Gasteiger partial charge in [0, 0.05) is 29.7 Å². The topological polar surface area (TPSA) is 163 Å². The summed E-state index contributed by atoms with van der Waals surface area (Å²) in [5.41, 5.74) is -3.92. The molecule has 0 amide bonds. The highest BCUT2D eigenvalue weighted by molar-refractivity contribution is 6.38. The van der Waals surface area contributed by atoms with Crippen molar-refractivity contribution in [2.24, 2.45) is 34.5 Å². The van der Waals surface area contributed by atoms with Gasteiger partial charge in [-0.2, -0.15) is 0 Å². The lowest BCUT2D eigenvalue weighted by atomic mass is 9.37. The van der Waals surface area contributed by atoms with Crippen molar-refractivity contribution in [1.29, 1.82) is 0 Å². The first-order valence-corrected chi connectivity index (χ1v) is 12.5. The van der Waals surface area contributed by atoms with Gasteiger partial charge in [-0.3, -0.25) is 9.59 Å². The zero-order valence-electron chi connectivity index (χ0n) is 21.4. The Kier molecular flexibility index (Phi) is 5.75. The minimum Gasteiger partial charge on any atom is -0.467 e. The molecule has 2 heterocycles. The molecule has 1 spiro atoms. The van der Waals surface area contributed by atoms with Crippen molar-refractivity contribution in [2.45, 2.75) is 70.6 Å². The predicted molar refractivity (Wildman–Crippen MR) is 121 cm³/mol. The molecule has 0 radical (unpaired) electrons. The van der Waals surface area contributed by atoms with E-state index >= 15 is 0 Å². The Bertz CT molecular complexity index is 1120. The third-order valence-electron chi connectivity index (χ3n) is 9.69. The maximum atomic E-state index is 13.4. The fraction of sp³-hybridized carbons (Fsp3) is 0.731. The SMILES string of the molecule is COC(=O)[C@]12OC[C@@]34[C@H]([C@@H](O)[C@@H]1O)[C@]1(C)CC(=O)C(=O)C(C)[C@@H]1C[C@H]3OC(=O)[C@H](OC(=O)C=C(C)C)[C@@H]24. The second kappa shape index (κ2) is 8.18. The van der Waals surface area contributed by atoms with Gasteiger partial charge in [0.05, 0.1) is 25.7 Å². The summed E-state index contributed by atoms with van der Waals surface area (Å²) in [6.45, 7) is 6.53. The fourth-order valence-corrected chi connectivity index (χ4v) is 8.45. The van der Waals surface area contributed by atoms with Gasteiger partial charge in [-0.05, 0) is 31.6 Å². The first-order valence-electron chi connectivity index (χ1n) is 12.5. The molecule has 11 nitrogen and oxygen atoms in total. The zero-order valence-corrected chi connectivity index (χ0v) is 21.4. The first-order chi connectivity index (χ1) is 17.3. The van der Waals surface area contributed by atoms with Crippen molar-refractivity contribution in [3.8, 4) is 0 Å². The van der Waals surface area contributed by atoms with Crippen LogP contribution in [0.25, 0.3) is 0 Å². The maximum Gasteiger partial charge on any atom is 0.348 e. The lowest BCUT2D eigenvalue weighted by molar-refractivity contribution is -0.295. The summed E-state index contributed by atoms with van der Waals surface area (Å²) in [6.07, 6.45) is -4.87. The molecule has 11 atom stereocenters. The molecule has 2 aliphatic heterocycles. The van der Waals surface area contributed by atoms with E-state index in [1.165, 1.54) is 6.08 Å². The Labute approximate surface area is 213 Å². The molecule has 3 saturated carbocycles. The highest BCUT2D eigenvalue weighted by Gasteiger charge is 2.85. The zero-order chi connectivity index (χ0) is 27.2. The van der Waals surface area contributed by atoms with Gasteiger partial charge >= 0.3 is 17.9 Å². The Morgan fingerprint density at radius 2 is 1.81 bits per heavy atom. The van der Waals surface area contributed by atoms with Gasteiger partial charge in [0.15, 0.2) is 5.78 Å². The number of ether oxygens (including phenoxy) is 4. The summed E-state index contributed by atoms with van der Waals surface area (Å²) in [6, 6.07) is 0. The van der Waals surface area contributed by atoms with Crippen LogP contribution in [-0.2, 0) is 42.9 Å². The van der Waals surface area contributed by atoms with Crippen LogP contribution in [0.3, 0.4) is 0 Å². The van der Waals surface area contributed by atoms with Crippen LogP contribution in [0.15, 0.2) is 11.6 Å². The Balaban J connectivity index is 1.73. The lowest BCUT2D eigenvalue weighted by Crippen LogP contribution is -2.79. The minimum atomic E-state index is -2.22. The van der Waals surface area contributed by atoms with E-state index in [2.05, 4.69) is 0 Å². The van der Waals surface area contributed by atoms with Crippen LogP contribution < -0.4 is 0 Å². The van der Waals surface area contributed by atoms with E-state index in [1.54, 1.807) is 27.7 Å². The van der Waals surface area contributed by atoms with Gasteiger partial charge in [0.1, 0.15) is 12.2 Å². The quantitative estimate of drug-likeness (QED) is 0.221. The summed E-state index contributed by atoms with van der Waals surface area (Å²) in [5, 5.41) is 23.1. The third-order valence-corrected chi connectivity index (χ3v) is 9.69. The van der Waals surface area contributed by atoms with Crippen LogP contribution in [0.2, 0.25) is 0 Å². The number of esters is 3. The van der Waals surface area contributed by atoms with Crippen LogP contribution in [0, 0.1) is 34.5 Å². The fourth-order valence-electron chi connectivity index (χ4n) is 8.45. The first kappa shape index (κ1) is 26.0. The summed E-state index contributed by atoms with van der Waals surface area (Å²) in [4.78, 5) is 64.8. The van der Waals surface area contributed by atoms with Gasteiger partial charge in [-0.25, -0.2) is 14.4 Å². The van der Waals surface area contributed by atoms with E-state index < -0.39 is 94.0 Å². The van der Waals surface area contributed by atoms with E-state index in [4.69, 9.17) is 18.9 Å². The number of aliphatic hydroxyl groups excluding tert-OH is 2. The number of allylic oxidation sites excluding steroid dienone is 1. The molecule has 11 heteroatoms. The lowest BCUT2D eigenvalue weighted by Gasteiger charge is -2.67. The molecule has 202 valence electrons. The number of carbonyl (C=O) groups is 5. The van der Waals surface area contributed by atoms with Gasteiger partial charge in [-0.15, -0.1) is 0 Å². The smallest absolute Gasteiger partial charge is 0.348 e. The van der Waals surface area contributed by atoms with Crippen molar-refractivity contribution in [1.82, 2.24) is 0 Å². The molecule has 2 bridgehead atoms. The molecule has 0 aromatic carbocycles. The van der Waals surface area contributed by atoms with E-state index in [1.807, 2.05) is 0 Å². The number of Topliss-reactive ketones (excluding diaryl/α,β-unsaturated/α-hetero) is 2. The summed E-state index contributed by atoms with van der Waals surface area (Å²) in [5.74, 6) is -7.24. The normalized spacial score (nSPS) is 47.8. The third kappa shape index (κ3) is 3.07. The standard InChI is InChI=1S/C26H32O11/c1-10(2)6-15(28)37-18-20-25-9-35-26(20,23(33)34-5)21(31)17(30)19(25)24(4)8-13(27)16(29)11(3)12(24)7-14(25)36-22(18)32/h6,11-12,14,17-21,30-31H,7-9H2,1-5H3/t11?,12-,14+,17+,18+,19+,20+,21-,24+,25-,26+/m0/s1. The number of ketones is 2.